The Bertz CT molecular complexity index is 414. The number of hydrogen-bond acceptors (Lipinski definition) is 2. The fourth-order valence-corrected chi connectivity index (χ4v) is 1.40. The van der Waals surface area contributed by atoms with Crippen molar-refractivity contribution in [2.75, 3.05) is 0 Å². The molecule has 0 amide bonds. The Kier molecular flexibility index (Phi) is 1.55. The highest BCUT2D eigenvalue weighted by molar-refractivity contribution is 5.96. The van der Waals surface area contributed by atoms with Crippen molar-refractivity contribution in [2.24, 2.45) is 0 Å². The van der Waals surface area contributed by atoms with Crippen LogP contribution >= 0.6 is 0 Å². The minimum Gasteiger partial charge on any atom is -0.477 e. The molecule has 0 saturated carbocycles. The van der Waals surface area contributed by atoms with Gasteiger partial charge in [0.2, 0.25) is 5.91 Å². The minimum absolute atomic E-state index is 0.0318. The van der Waals surface area contributed by atoms with Gasteiger partial charge in [0.25, 0.3) is 0 Å². The van der Waals surface area contributed by atoms with Crippen molar-refractivity contribution in [3.63, 3.8) is 0 Å². The summed E-state index contributed by atoms with van der Waals surface area (Å²) in [6.07, 6.45) is 3.74. The molecule has 1 aromatic rings. The van der Waals surface area contributed by atoms with Crippen LogP contribution in [0.1, 0.15) is 27.4 Å². The molecule has 2 rings (SSSR count). The zero-order chi connectivity index (χ0) is 9.42. The lowest BCUT2D eigenvalue weighted by Crippen LogP contribution is -2.19. The van der Waals surface area contributed by atoms with Gasteiger partial charge in [-0.2, -0.15) is 0 Å². The molecular formula is C9H7NO3. The molecule has 66 valence electrons. The molecule has 0 radical (unpaired) electrons. The molecule has 0 atom stereocenters. The lowest BCUT2D eigenvalue weighted by Gasteiger charge is -2.09. The lowest BCUT2D eigenvalue weighted by atomic mass is 10.2. The molecule has 0 bridgehead atoms. The minimum atomic E-state index is -1.07. The maximum Gasteiger partial charge on any atom is 0.352 e. The number of fused-ring (bicyclic) bond motifs is 1. The van der Waals surface area contributed by atoms with E-state index < -0.39 is 5.97 Å². The Morgan fingerprint density at radius 2 is 2.23 bits per heavy atom. The van der Waals surface area contributed by atoms with E-state index in [0.29, 0.717) is 5.69 Å². The average Bonchev–Trinajstić information content (AvgIpc) is 2.49. The van der Waals surface area contributed by atoms with Crippen LogP contribution in [-0.2, 0) is 0 Å². The van der Waals surface area contributed by atoms with E-state index in [2.05, 4.69) is 0 Å². The summed E-state index contributed by atoms with van der Waals surface area (Å²) < 4.78 is 1.22. The van der Waals surface area contributed by atoms with Crippen molar-refractivity contribution in [1.82, 2.24) is 4.57 Å². The van der Waals surface area contributed by atoms with Crippen LogP contribution in [-0.4, -0.2) is 21.6 Å². The standard InChI is InChI=1S/C9H7NO3/c11-8-3-1-2-6-4-5-7(9(12)13)10(6)8/h1-2,4-5H,3H2,(H,12,13). The number of carboxylic acids is 1. The Morgan fingerprint density at radius 1 is 1.46 bits per heavy atom. The van der Waals surface area contributed by atoms with E-state index in [1.54, 1.807) is 18.2 Å². The van der Waals surface area contributed by atoms with Gasteiger partial charge in [-0.25, -0.2) is 4.79 Å². The smallest absolute Gasteiger partial charge is 0.352 e. The van der Waals surface area contributed by atoms with E-state index >= 15 is 0 Å². The predicted octanol–water partition coefficient (Wildman–Crippen LogP) is 1.24. The summed E-state index contributed by atoms with van der Waals surface area (Å²) in [6, 6.07) is 3.06. The largest absolute Gasteiger partial charge is 0.477 e. The quantitative estimate of drug-likeness (QED) is 0.702. The van der Waals surface area contributed by atoms with Crippen LogP contribution in [0.4, 0.5) is 0 Å². The summed E-state index contributed by atoms with van der Waals surface area (Å²) in [5.74, 6) is -1.27. The molecule has 4 heteroatoms. The van der Waals surface area contributed by atoms with Gasteiger partial charge in [-0.15, -0.1) is 0 Å². The van der Waals surface area contributed by atoms with Crippen LogP contribution in [0.25, 0.3) is 6.08 Å². The molecule has 0 aromatic carbocycles. The van der Waals surface area contributed by atoms with Crippen LogP contribution in [0.2, 0.25) is 0 Å². The van der Waals surface area contributed by atoms with Gasteiger partial charge in [0.05, 0.1) is 0 Å². The molecule has 1 aliphatic heterocycles. The van der Waals surface area contributed by atoms with Crippen molar-refractivity contribution in [3.05, 3.63) is 29.6 Å². The maximum absolute atomic E-state index is 11.3. The first kappa shape index (κ1) is 7.79. The summed E-state index contributed by atoms with van der Waals surface area (Å²) in [6.45, 7) is 0. The number of allylic oxidation sites excluding steroid dienone is 1. The maximum atomic E-state index is 11.3. The van der Waals surface area contributed by atoms with E-state index in [1.165, 1.54) is 10.6 Å². The highest BCUT2D eigenvalue weighted by Gasteiger charge is 2.19. The van der Waals surface area contributed by atoms with E-state index in [-0.39, 0.29) is 18.0 Å². The van der Waals surface area contributed by atoms with Crippen molar-refractivity contribution < 1.29 is 14.7 Å². The zero-order valence-electron chi connectivity index (χ0n) is 6.73. The van der Waals surface area contributed by atoms with Gasteiger partial charge in [-0.1, -0.05) is 6.08 Å². The van der Waals surface area contributed by atoms with Gasteiger partial charge in [-0.05, 0) is 18.2 Å². The van der Waals surface area contributed by atoms with Crippen molar-refractivity contribution in [1.29, 1.82) is 0 Å². The number of hydrogen-bond donors (Lipinski definition) is 1. The van der Waals surface area contributed by atoms with E-state index in [4.69, 9.17) is 5.11 Å². The van der Waals surface area contributed by atoms with Crippen molar-refractivity contribution in [2.45, 2.75) is 6.42 Å². The molecule has 2 heterocycles. The van der Waals surface area contributed by atoms with Crippen LogP contribution in [0.3, 0.4) is 0 Å². The van der Waals surface area contributed by atoms with Crippen LogP contribution in [0.15, 0.2) is 18.2 Å². The summed E-state index contributed by atoms with van der Waals surface area (Å²) in [4.78, 5) is 22.0. The number of carbonyl (C=O) groups excluding carboxylic acids is 1. The monoisotopic (exact) mass is 177 g/mol. The molecule has 1 aromatic heterocycles. The average molecular weight is 177 g/mol. The van der Waals surface area contributed by atoms with Gasteiger partial charge >= 0.3 is 5.97 Å². The number of carbonyl (C=O) groups is 2. The van der Waals surface area contributed by atoms with Crippen LogP contribution in [0.5, 0.6) is 0 Å². The SMILES string of the molecule is O=C(O)c1ccc2n1C(=O)CC=C2. The first-order chi connectivity index (χ1) is 6.20. The predicted molar refractivity (Wildman–Crippen MR) is 45.7 cm³/mol. The number of aromatic carboxylic acids is 1. The third-order valence-electron chi connectivity index (χ3n) is 1.96. The Morgan fingerprint density at radius 3 is 2.92 bits per heavy atom. The molecule has 0 saturated heterocycles. The summed E-state index contributed by atoms with van der Waals surface area (Å²) in [5, 5.41) is 8.75. The molecule has 0 aliphatic carbocycles. The number of nitrogens with zero attached hydrogens (tertiary/aromatic N) is 1. The second-order valence-electron chi connectivity index (χ2n) is 2.78. The molecule has 0 spiro atoms. The molecule has 1 aliphatic rings. The Labute approximate surface area is 74.1 Å². The van der Waals surface area contributed by atoms with Gasteiger partial charge in [0.1, 0.15) is 5.69 Å². The van der Waals surface area contributed by atoms with Crippen LogP contribution < -0.4 is 0 Å². The summed E-state index contributed by atoms with van der Waals surface area (Å²) in [5.41, 5.74) is 0.665. The topological polar surface area (TPSA) is 59.3 Å². The van der Waals surface area contributed by atoms with E-state index in [9.17, 15) is 9.59 Å². The van der Waals surface area contributed by atoms with E-state index in [1.807, 2.05) is 0 Å². The van der Waals surface area contributed by atoms with E-state index in [0.717, 1.165) is 0 Å². The second-order valence-corrected chi connectivity index (χ2v) is 2.78. The Balaban J connectivity index is 2.64. The Hall–Kier alpha value is -1.84. The third kappa shape index (κ3) is 1.07. The second kappa shape index (κ2) is 2.58. The normalized spacial score (nSPS) is 14.3. The number of rotatable bonds is 1. The number of aromatic nitrogens is 1. The first-order valence-corrected chi connectivity index (χ1v) is 3.85. The van der Waals surface area contributed by atoms with Gasteiger partial charge in [0, 0.05) is 12.1 Å². The van der Waals surface area contributed by atoms with Gasteiger partial charge in [0.15, 0.2) is 0 Å². The molecule has 0 fully saturated rings. The van der Waals surface area contributed by atoms with Crippen molar-refractivity contribution in [3.8, 4) is 0 Å². The molecule has 1 N–H and O–H groups in total. The summed E-state index contributed by atoms with van der Waals surface area (Å²) in [7, 11) is 0. The number of carboxylic acid groups (broad SMARTS) is 1. The molecular weight excluding hydrogens is 170 g/mol. The summed E-state index contributed by atoms with van der Waals surface area (Å²) >= 11 is 0. The van der Waals surface area contributed by atoms with Gasteiger partial charge < -0.3 is 5.11 Å². The highest BCUT2D eigenvalue weighted by atomic mass is 16.4. The highest BCUT2D eigenvalue weighted by Crippen LogP contribution is 2.16. The molecule has 13 heavy (non-hydrogen) atoms. The van der Waals surface area contributed by atoms with Crippen molar-refractivity contribution >= 4 is 18.0 Å². The molecule has 0 unspecified atom stereocenters. The zero-order valence-corrected chi connectivity index (χ0v) is 6.73. The fraction of sp³-hybridized carbons (Fsp3) is 0.111. The van der Waals surface area contributed by atoms with Crippen LogP contribution in [0, 0.1) is 0 Å². The third-order valence-corrected chi connectivity index (χ3v) is 1.96. The molecule has 4 nitrogen and oxygen atoms in total. The fourth-order valence-electron chi connectivity index (χ4n) is 1.40. The first-order valence-electron chi connectivity index (χ1n) is 3.85. The van der Waals surface area contributed by atoms with Gasteiger partial charge in [-0.3, -0.25) is 9.36 Å². The lowest BCUT2D eigenvalue weighted by molar-refractivity contribution is 0.0673.